The molecule has 0 saturated carbocycles. The zero-order chi connectivity index (χ0) is 19.5. The molecule has 0 bridgehead atoms. The van der Waals surface area contributed by atoms with Crippen LogP contribution in [0.15, 0.2) is 60.8 Å². The van der Waals surface area contributed by atoms with Gasteiger partial charge in [-0.3, -0.25) is 4.90 Å². The Hall–Kier alpha value is -2.52. The van der Waals surface area contributed by atoms with Crippen LogP contribution in [0.4, 0.5) is 0 Å². The molecule has 1 aliphatic heterocycles. The number of para-hydroxylation sites is 1. The summed E-state index contributed by atoms with van der Waals surface area (Å²) < 4.78 is 8.35. The van der Waals surface area contributed by atoms with Crippen LogP contribution in [0.3, 0.4) is 0 Å². The first-order valence-electron chi connectivity index (χ1n) is 10.3. The molecule has 0 spiro atoms. The number of aromatic nitrogens is 1. The molecule has 3 heteroatoms. The van der Waals surface area contributed by atoms with E-state index in [4.69, 9.17) is 4.74 Å². The second-order valence-electron chi connectivity index (χ2n) is 7.75. The third kappa shape index (κ3) is 3.72. The Morgan fingerprint density at radius 1 is 1.00 bits per heavy atom. The van der Waals surface area contributed by atoms with Gasteiger partial charge in [-0.15, -0.1) is 0 Å². The van der Waals surface area contributed by atoms with Crippen molar-refractivity contribution in [2.24, 2.45) is 0 Å². The Labute approximate surface area is 168 Å². The fourth-order valence-corrected chi connectivity index (χ4v) is 4.37. The van der Waals surface area contributed by atoms with Crippen molar-refractivity contribution in [3.8, 4) is 5.75 Å². The molecule has 0 N–H and O–H groups in total. The number of aryl methyl sites for hydroxylation is 3. The van der Waals surface area contributed by atoms with Gasteiger partial charge in [-0.1, -0.05) is 42.0 Å². The predicted octanol–water partition coefficient (Wildman–Crippen LogP) is 5.50. The molecule has 1 unspecified atom stereocenters. The van der Waals surface area contributed by atoms with Gasteiger partial charge in [0.15, 0.2) is 0 Å². The number of ether oxygens (including phenoxy) is 1. The van der Waals surface area contributed by atoms with Crippen LogP contribution < -0.4 is 4.74 Å². The molecular weight excluding hydrogens is 344 g/mol. The van der Waals surface area contributed by atoms with Crippen molar-refractivity contribution < 1.29 is 4.74 Å². The first-order chi connectivity index (χ1) is 13.7. The van der Waals surface area contributed by atoms with E-state index in [9.17, 15) is 0 Å². The topological polar surface area (TPSA) is 17.4 Å². The lowest BCUT2D eigenvalue weighted by Gasteiger charge is -2.32. The van der Waals surface area contributed by atoms with Crippen LogP contribution in [0.5, 0.6) is 5.75 Å². The van der Waals surface area contributed by atoms with Crippen molar-refractivity contribution in [2.75, 3.05) is 13.2 Å². The lowest BCUT2D eigenvalue weighted by atomic mass is 9.95. The van der Waals surface area contributed by atoms with Gasteiger partial charge in [-0.2, -0.15) is 0 Å². The predicted molar refractivity (Wildman–Crippen MR) is 115 cm³/mol. The highest BCUT2D eigenvalue weighted by Crippen LogP contribution is 2.36. The number of rotatable bonds is 5. The molecule has 2 heterocycles. The third-order valence-electron chi connectivity index (χ3n) is 5.73. The average molecular weight is 375 g/mol. The fourth-order valence-electron chi connectivity index (χ4n) is 4.37. The largest absolute Gasteiger partial charge is 0.494 e. The molecule has 4 rings (SSSR count). The van der Waals surface area contributed by atoms with Crippen LogP contribution in [-0.2, 0) is 13.1 Å². The highest BCUT2D eigenvalue weighted by molar-refractivity contribution is 5.39. The maximum Gasteiger partial charge on any atom is 0.123 e. The van der Waals surface area contributed by atoms with Gasteiger partial charge in [0, 0.05) is 37.1 Å². The quantitative estimate of drug-likeness (QED) is 0.587. The van der Waals surface area contributed by atoms with Gasteiger partial charge >= 0.3 is 0 Å². The summed E-state index contributed by atoms with van der Waals surface area (Å²) in [7, 11) is 0. The van der Waals surface area contributed by atoms with E-state index in [1.54, 1.807) is 0 Å². The van der Waals surface area contributed by atoms with Crippen LogP contribution >= 0.6 is 0 Å². The number of benzene rings is 2. The van der Waals surface area contributed by atoms with E-state index in [2.05, 4.69) is 91.0 Å². The summed E-state index contributed by atoms with van der Waals surface area (Å²) in [6, 6.07) is 20.0. The summed E-state index contributed by atoms with van der Waals surface area (Å²) >= 11 is 0. The van der Waals surface area contributed by atoms with E-state index in [1.807, 2.05) is 0 Å². The molecule has 3 nitrogen and oxygen atoms in total. The van der Waals surface area contributed by atoms with E-state index < -0.39 is 0 Å². The molecule has 0 radical (unpaired) electrons. The Balaban J connectivity index is 1.78. The number of hydrogen-bond acceptors (Lipinski definition) is 2. The van der Waals surface area contributed by atoms with Gasteiger partial charge in [0.1, 0.15) is 5.75 Å². The molecular formula is C25H30N2O. The van der Waals surface area contributed by atoms with Gasteiger partial charge in [0.2, 0.25) is 0 Å². The molecule has 3 aromatic rings. The molecule has 0 saturated heterocycles. The molecule has 1 atom stereocenters. The maximum atomic E-state index is 5.92. The third-order valence-corrected chi connectivity index (χ3v) is 5.73. The monoisotopic (exact) mass is 374 g/mol. The van der Waals surface area contributed by atoms with Gasteiger partial charge in [0.25, 0.3) is 0 Å². The van der Waals surface area contributed by atoms with E-state index >= 15 is 0 Å². The SMILES string of the molecule is CCOc1ccccc1CN1CCCn2cccc2C1c1cc(C)ccc1C. The minimum atomic E-state index is 0.257. The standard InChI is InChI=1S/C25H30N2O/c1-4-28-24-11-6-5-9-21(24)18-27-16-8-15-26-14-7-10-23(26)25(27)22-17-19(2)12-13-20(22)3/h5-7,9-14,17,25H,4,8,15-16,18H2,1-3H3. The van der Waals surface area contributed by atoms with E-state index in [-0.39, 0.29) is 6.04 Å². The Bertz CT molecular complexity index is 943. The smallest absolute Gasteiger partial charge is 0.123 e. The van der Waals surface area contributed by atoms with Crippen LogP contribution in [0.1, 0.15) is 47.3 Å². The van der Waals surface area contributed by atoms with Gasteiger partial charge in [-0.05, 0) is 56.5 Å². The average Bonchev–Trinajstić information content (AvgIpc) is 3.08. The highest BCUT2D eigenvalue weighted by atomic mass is 16.5. The maximum absolute atomic E-state index is 5.92. The Morgan fingerprint density at radius 3 is 2.71 bits per heavy atom. The Kier molecular flexibility index (Phi) is 5.54. The minimum absolute atomic E-state index is 0.257. The van der Waals surface area contributed by atoms with E-state index in [0.717, 1.165) is 31.8 Å². The van der Waals surface area contributed by atoms with Crippen molar-refractivity contribution in [3.63, 3.8) is 0 Å². The summed E-state index contributed by atoms with van der Waals surface area (Å²) in [6.07, 6.45) is 3.38. The molecule has 2 aromatic carbocycles. The number of nitrogens with zero attached hydrogens (tertiary/aromatic N) is 2. The summed E-state index contributed by atoms with van der Waals surface area (Å²) in [4.78, 5) is 2.62. The van der Waals surface area contributed by atoms with Crippen LogP contribution in [-0.4, -0.2) is 22.6 Å². The van der Waals surface area contributed by atoms with Crippen LogP contribution in [0.25, 0.3) is 0 Å². The van der Waals surface area contributed by atoms with Crippen molar-refractivity contribution >= 4 is 0 Å². The molecule has 0 aliphatic carbocycles. The van der Waals surface area contributed by atoms with Crippen LogP contribution in [0, 0.1) is 13.8 Å². The second kappa shape index (κ2) is 8.24. The zero-order valence-corrected chi connectivity index (χ0v) is 17.2. The van der Waals surface area contributed by atoms with Crippen molar-refractivity contribution in [1.29, 1.82) is 0 Å². The molecule has 1 aliphatic rings. The fraction of sp³-hybridized carbons (Fsp3) is 0.360. The van der Waals surface area contributed by atoms with E-state index in [0.29, 0.717) is 6.61 Å². The normalized spacial score (nSPS) is 17.2. The highest BCUT2D eigenvalue weighted by Gasteiger charge is 2.29. The van der Waals surface area contributed by atoms with Gasteiger partial charge < -0.3 is 9.30 Å². The second-order valence-corrected chi connectivity index (χ2v) is 7.75. The van der Waals surface area contributed by atoms with Gasteiger partial charge in [0.05, 0.1) is 12.6 Å². The zero-order valence-electron chi connectivity index (χ0n) is 17.2. The summed E-state index contributed by atoms with van der Waals surface area (Å²) in [5, 5.41) is 0. The summed E-state index contributed by atoms with van der Waals surface area (Å²) in [5.41, 5.74) is 6.74. The molecule has 0 fully saturated rings. The van der Waals surface area contributed by atoms with Crippen molar-refractivity contribution in [3.05, 3.63) is 88.7 Å². The molecule has 1 aromatic heterocycles. The lowest BCUT2D eigenvalue weighted by Crippen LogP contribution is -2.30. The number of hydrogen-bond donors (Lipinski definition) is 0. The van der Waals surface area contributed by atoms with Gasteiger partial charge in [-0.25, -0.2) is 0 Å². The first kappa shape index (κ1) is 18.8. The first-order valence-corrected chi connectivity index (χ1v) is 10.3. The molecule has 28 heavy (non-hydrogen) atoms. The Morgan fingerprint density at radius 2 is 1.86 bits per heavy atom. The summed E-state index contributed by atoms with van der Waals surface area (Å²) in [6.45, 7) is 10.2. The minimum Gasteiger partial charge on any atom is -0.494 e. The summed E-state index contributed by atoms with van der Waals surface area (Å²) in [5.74, 6) is 1.00. The van der Waals surface area contributed by atoms with Crippen molar-refractivity contribution in [2.45, 2.75) is 46.3 Å². The van der Waals surface area contributed by atoms with Crippen molar-refractivity contribution in [1.82, 2.24) is 9.47 Å². The molecule has 0 amide bonds. The molecule has 146 valence electrons. The van der Waals surface area contributed by atoms with Crippen LogP contribution in [0.2, 0.25) is 0 Å². The lowest BCUT2D eigenvalue weighted by molar-refractivity contribution is 0.215. The van der Waals surface area contributed by atoms with E-state index in [1.165, 1.54) is 27.9 Å². The number of fused-ring (bicyclic) bond motifs is 1.